The molecule has 4 nitrogen and oxygen atoms in total. The summed E-state index contributed by atoms with van der Waals surface area (Å²) in [6.45, 7) is 2.90. The molecule has 0 N–H and O–H groups in total. The van der Waals surface area contributed by atoms with Gasteiger partial charge >= 0.3 is 0 Å². The van der Waals surface area contributed by atoms with Crippen LogP contribution in [0.25, 0.3) is 4.96 Å². The van der Waals surface area contributed by atoms with Crippen LogP contribution in [0.3, 0.4) is 0 Å². The van der Waals surface area contributed by atoms with E-state index in [1.807, 2.05) is 17.5 Å². The molecule has 1 unspecified atom stereocenters. The van der Waals surface area contributed by atoms with E-state index in [0.29, 0.717) is 12.6 Å². The van der Waals surface area contributed by atoms with Gasteiger partial charge in [0.15, 0.2) is 4.96 Å². The highest BCUT2D eigenvalue weighted by atomic mass is 35.5. The molecule has 1 aliphatic rings. The predicted molar refractivity (Wildman–Crippen MR) is 97.8 cm³/mol. The molecule has 6 heteroatoms. The average Bonchev–Trinajstić information content (AvgIpc) is 3.30. The number of rotatable bonds is 5. The molecule has 0 saturated heterocycles. The Kier molecular flexibility index (Phi) is 4.16. The summed E-state index contributed by atoms with van der Waals surface area (Å²) in [7, 11) is 0. The maximum Gasteiger partial charge on any atom is 0.258 e. The molecular weight excluding hydrogens is 342 g/mol. The summed E-state index contributed by atoms with van der Waals surface area (Å²) >= 11 is 7.50. The van der Waals surface area contributed by atoms with Gasteiger partial charge in [0, 0.05) is 41.3 Å². The molecule has 124 valence electrons. The minimum atomic E-state index is -0.00820. The van der Waals surface area contributed by atoms with Gasteiger partial charge in [-0.1, -0.05) is 23.7 Å². The second-order valence-electron chi connectivity index (χ2n) is 6.27. The maximum atomic E-state index is 12.2. The topological polar surface area (TPSA) is 37.6 Å². The van der Waals surface area contributed by atoms with Gasteiger partial charge in [-0.2, -0.15) is 0 Å². The van der Waals surface area contributed by atoms with E-state index in [0.717, 1.165) is 15.7 Å². The van der Waals surface area contributed by atoms with Gasteiger partial charge in [0.05, 0.1) is 5.69 Å². The zero-order valence-corrected chi connectivity index (χ0v) is 14.9. The molecule has 1 aliphatic carbocycles. The van der Waals surface area contributed by atoms with Crippen LogP contribution in [0.1, 0.15) is 37.1 Å². The van der Waals surface area contributed by atoms with Crippen molar-refractivity contribution in [3.8, 4) is 0 Å². The molecule has 0 spiro atoms. The van der Waals surface area contributed by atoms with E-state index in [9.17, 15) is 4.79 Å². The van der Waals surface area contributed by atoms with Gasteiger partial charge in [-0.05, 0) is 37.5 Å². The van der Waals surface area contributed by atoms with E-state index in [1.165, 1.54) is 29.7 Å². The van der Waals surface area contributed by atoms with Gasteiger partial charge in [0.2, 0.25) is 0 Å². The van der Waals surface area contributed by atoms with E-state index >= 15 is 0 Å². The monoisotopic (exact) mass is 359 g/mol. The van der Waals surface area contributed by atoms with E-state index in [2.05, 4.69) is 28.9 Å². The summed E-state index contributed by atoms with van der Waals surface area (Å²) in [5, 5.41) is 2.64. The normalized spacial score (nSPS) is 16.0. The molecule has 2 aromatic heterocycles. The third-order valence-corrected chi connectivity index (χ3v) is 5.58. The first-order valence-corrected chi connectivity index (χ1v) is 9.34. The van der Waals surface area contributed by atoms with Gasteiger partial charge < -0.3 is 0 Å². The maximum absolute atomic E-state index is 12.2. The van der Waals surface area contributed by atoms with Gasteiger partial charge in [0.1, 0.15) is 0 Å². The molecule has 0 aliphatic heterocycles. The predicted octanol–water partition coefficient (Wildman–Crippen LogP) is 4.14. The Morgan fingerprint density at radius 1 is 1.38 bits per heavy atom. The minimum Gasteiger partial charge on any atom is -0.288 e. The van der Waals surface area contributed by atoms with Crippen molar-refractivity contribution in [3.63, 3.8) is 0 Å². The van der Waals surface area contributed by atoms with E-state index in [4.69, 9.17) is 11.6 Å². The highest BCUT2D eigenvalue weighted by Gasteiger charge is 2.33. The van der Waals surface area contributed by atoms with Crippen LogP contribution in [0.5, 0.6) is 0 Å². The SMILES string of the molecule is CC(c1ccc(Cl)cc1)N(Cc1cc(=O)n2ccsc2n1)C1CC1. The van der Waals surface area contributed by atoms with Crippen molar-refractivity contribution >= 4 is 27.9 Å². The van der Waals surface area contributed by atoms with Crippen LogP contribution in [-0.2, 0) is 6.54 Å². The number of benzene rings is 1. The van der Waals surface area contributed by atoms with Crippen molar-refractivity contribution < 1.29 is 0 Å². The fourth-order valence-corrected chi connectivity index (χ4v) is 3.94. The molecular formula is C18H18ClN3OS. The van der Waals surface area contributed by atoms with Crippen LogP contribution in [0.15, 0.2) is 46.7 Å². The smallest absolute Gasteiger partial charge is 0.258 e. The van der Waals surface area contributed by atoms with Crippen molar-refractivity contribution in [2.24, 2.45) is 0 Å². The number of thiazole rings is 1. The molecule has 0 radical (unpaired) electrons. The van der Waals surface area contributed by atoms with Crippen molar-refractivity contribution in [1.82, 2.24) is 14.3 Å². The summed E-state index contributed by atoms with van der Waals surface area (Å²) in [6.07, 6.45) is 4.18. The standard InChI is InChI=1S/C18H18ClN3OS/c1-12(13-2-4-14(19)5-3-13)22(16-6-7-16)11-15-10-17(23)21-8-9-24-18(21)20-15/h2-5,8-10,12,16H,6-7,11H2,1H3. The van der Waals surface area contributed by atoms with Gasteiger partial charge in [-0.3, -0.25) is 14.1 Å². The van der Waals surface area contributed by atoms with Gasteiger partial charge in [-0.25, -0.2) is 4.98 Å². The number of aromatic nitrogens is 2. The number of fused-ring (bicyclic) bond motifs is 1. The number of halogens is 1. The second-order valence-corrected chi connectivity index (χ2v) is 7.58. The summed E-state index contributed by atoms with van der Waals surface area (Å²) < 4.78 is 1.60. The van der Waals surface area contributed by atoms with Crippen LogP contribution in [-0.4, -0.2) is 20.3 Å². The minimum absolute atomic E-state index is 0.00820. The zero-order valence-electron chi connectivity index (χ0n) is 13.4. The first kappa shape index (κ1) is 15.8. The lowest BCUT2D eigenvalue weighted by Gasteiger charge is -2.29. The summed E-state index contributed by atoms with van der Waals surface area (Å²) in [5.74, 6) is 0. The Morgan fingerprint density at radius 2 is 2.12 bits per heavy atom. The third kappa shape index (κ3) is 3.11. The van der Waals surface area contributed by atoms with Crippen molar-refractivity contribution in [2.45, 2.75) is 38.4 Å². The molecule has 0 bridgehead atoms. The lowest BCUT2D eigenvalue weighted by molar-refractivity contribution is 0.188. The molecule has 1 saturated carbocycles. The number of hydrogen-bond acceptors (Lipinski definition) is 4. The molecule has 24 heavy (non-hydrogen) atoms. The Hall–Kier alpha value is -1.69. The van der Waals surface area contributed by atoms with E-state index < -0.39 is 0 Å². The lowest BCUT2D eigenvalue weighted by Crippen LogP contribution is -2.30. The van der Waals surface area contributed by atoms with E-state index in [1.54, 1.807) is 16.7 Å². The van der Waals surface area contributed by atoms with Crippen LogP contribution < -0.4 is 5.56 Å². The van der Waals surface area contributed by atoms with Crippen molar-refractivity contribution in [1.29, 1.82) is 0 Å². The average molecular weight is 360 g/mol. The fraction of sp³-hybridized carbons (Fsp3) is 0.333. The summed E-state index contributed by atoms with van der Waals surface area (Å²) in [5.41, 5.74) is 2.07. The first-order valence-electron chi connectivity index (χ1n) is 8.09. The number of nitrogens with zero attached hydrogens (tertiary/aromatic N) is 3. The van der Waals surface area contributed by atoms with Gasteiger partial charge in [0.25, 0.3) is 5.56 Å². The Bertz CT molecular complexity index is 914. The zero-order chi connectivity index (χ0) is 16.7. The van der Waals surface area contributed by atoms with E-state index in [-0.39, 0.29) is 11.6 Å². The molecule has 1 aromatic carbocycles. The summed E-state index contributed by atoms with van der Waals surface area (Å²) in [6, 6.07) is 10.5. The van der Waals surface area contributed by atoms with Crippen LogP contribution in [0.4, 0.5) is 0 Å². The second kappa shape index (κ2) is 6.31. The highest BCUT2D eigenvalue weighted by Crippen LogP contribution is 2.35. The third-order valence-electron chi connectivity index (χ3n) is 4.57. The fourth-order valence-electron chi connectivity index (χ4n) is 3.08. The Morgan fingerprint density at radius 3 is 2.83 bits per heavy atom. The van der Waals surface area contributed by atoms with Crippen LogP contribution in [0, 0.1) is 0 Å². The van der Waals surface area contributed by atoms with Crippen LogP contribution >= 0.6 is 22.9 Å². The van der Waals surface area contributed by atoms with Crippen LogP contribution in [0.2, 0.25) is 5.02 Å². The number of hydrogen-bond donors (Lipinski definition) is 0. The largest absolute Gasteiger partial charge is 0.288 e. The molecule has 0 amide bonds. The molecule has 3 aromatic rings. The quantitative estimate of drug-likeness (QED) is 0.687. The molecule has 1 fully saturated rings. The highest BCUT2D eigenvalue weighted by molar-refractivity contribution is 7.15. The first-order chi connectivity index (χ1) is 11.6. The van der Waals surface area contributed by atoms with Crippen molar-refractivity contribution in [3.05, 3.63) is 68.5 Å². The summed E-state index contributed by atoms with van der Waals surface area (Å²) in [4.78, 5) is 20.1. The molecule has 2 heterocycles. The molecule has 4 rings (SSSR count). The Labute approximate surface area is 149 Å². The lowest BCUT2D eigenvalue weighted by atomic mass is 10.1. The molecule has 1 atom stereocenters. The van der Waals surface area contributed by atoms with Gasteiger partial charge in [-0.15, -0.1) is 11.3 Å². The van der Waals surface area contributed by atoms with Crippen molar-refractivity contribution in [2.75, 3.05) is 0 Å². The Balaban J connectivity index is 1.63.